The van der Waals surface area contributed by atoms with Crippen LogP contribution in [0.15, 0.2) is 65.7 Å². The number of nitrogens with one attached hydrogen (secondary N) is 1. The number of aromatic nitrogens is 1. The van der Waals surface area contributed by atoms with Crippen molar-refractivity contribution in [3.63, 3.8) is 0 Å². The Morgan fingerprint density at radius 2 is 1.73 bits per heavy atom. The van der Waals surface area contributed by atoms with Gasteiger partial charge in [-0.15, -0.1) is 0 Å². The van der Waals surface area contributed by atoms with E-state index in [1.807, 2.05) is 37.3 Å². The lowest BCUT2D eigenvalue weighted by atomic mass is 10.1. The molecule has 0 spiro atoms. The van der Waals surface area contributed by atoms with Crippen molar-refractivity contribution in [3.8, 4) is 0 Å². The topological polar surface area (TPSA) is 59.1 Å². The molecule has 0 aliphatic carbocycles. The summed E-state index contributed by atoms with van der Waals surface area (Å²) in [4.78, 5) is 4.60. The second-order valence-electron chi connectivity index (χ2n) is 5.13. The van der Waals surface area contributed by atoms with Gasteiger partial charge in [0.1, 0.15) is 0 Å². The van der Waals surface area contributed by atoms with E-state index < -0.39 is 10.0 Å². The molecule has 0 amide bonds. The van der Waals surface area contributed by atoms with Crippen LogP contribution in [0.5, 0.6) is 0 Å². The van der Waals surface area contributed by atoms with Crippen molar-refractivity contribution in [2.75, 3.05) is 0 Å². The zero-order valence-corrected chi connectivity index (χ0v) is 13.0. The number of hydrogen-bond donors (Lipinski definition) is 1. The molecule has 0 radical (unpaired) electrons. The van der Waals surface area contributed by atoms with Crippen LogP contribution in [0, 0.1) is 6.92 Å². The van der Waals surface area contributed by atoms with Crippen molar-refractivity contribution in [1.82, 2.24) is 9.71 Å². The molecule has 3 aromatic rings. The van der Waals surface area contributed by atoms with Gasteiger partial charge < -0.3 is 0 Å². The van der Waals surface area contributed by atoms with E-state index in [-0.39, 0.29) is 11.4 Å². The van der Waals surface area contributed by atoms with Crippen molar-refractivity contribution in [3.05, 3.63) is 71.9 Å². The van der Waals surface area contributed by atoms with E-state index in [2.05, 4.69) is 9.71 Å². The zero-order valence-electron chi connectivity index (χ0n) is 12.2. The van der Waals surface area contributed by atoms with Gasteiger partial charge >= 0.3 is 0 Å². The van der Waals surface area contributed by atoms with Crippen LogP contribution in [0.2, 0.25) is 0 Å². The molecule has 0 saturated carbocycles. The number of benzene rings is 2. The summed E-state index contributed by atoms with van der Waals surface area (Å²) in [5.74, 6) is 0. The first-order valence-electron chi connectivity index (χ1n) is 6.95. The highest BCUT2D eigenvalue weighted by molar-refractivity contribution is 7.89. The molecule has 1 heterocycles. The van der Waals surface area contributed by atoms with Crippen molar-refractivity contribution < 1.29 is 8.42 Å². The molecule has 0 fully saturated rings. The molecule has 1 N–H and O–H groups in total. The molecule has 0 saturated heterocycles. The molecule has 5 heteroatoms. The molecule has 112 valence electrons. The monoisotopic (exact) mass is 312 g/mol. The smallest absolute Gasteiger partial charge is 0.240 e. The van der Waals surface area contributed by atoms with E-state index >= 15 is 0 Å². The third kappa shape index (κ3) is 3.00. The maximum absolute atomic E-state index is 12.3. The molecule has 22 heavy (non-hydrogen) atoms. The van der Waals surface area contributed by atoms with Crippen molar-refractivity contribution in [1.29, 1.82) is 0 Å². The molecular weight excluding hydrogens is 296 g/mol. The average Bonchev–Trinajstić information content (AvgIpc) is 2.53. The van der Waals surface area contributed by atoms with E-state index in [0.717, 1.165) is 22.0 Å². The first kappa shape index (κ1) is 14.7. The Labute approximate surface area is 129 Å². The third-order valence-corrected chi connectivity index (χ3v) is 4.92. The summed E-state index contributed by atoms with van der Waals surface area (Å²) in [7, 11) is -3.52. The summed E-state index contributed by atoms with van der Waals surface area (Å²) in [5, 5.41) is 0.995. The highest BCUT2D eigenvalue weighted by Crippen LogP contribution is 2.17. The van der Waals surface area contributed by atoms with Crippen molar-refractivity contribution in [2.24, 2.45) is 0 Å². The van der Waals surface area contributed by atoms with Gasteiger partial charge in [-0.05, 0) is 30.7 Å². The van der Waals surface area contributed by atoms with Crippen LogP contribution in [0.3, 0.4) is 0 Å². The van der Waals surface area contributed by atoms with E-state index in [1.165, 1.54) is 0 Å². The van der Waals surface area contributed by atoms with Gasteiger partial charge in [0.25, 0.3) is 0 Å². The number of aryl methyl sites for hydroxylation is 1. The van der Waals surface area contributed by atoms with Crippen molar-refractivity contribution >= 4 is 20.9 Å². The highest BCUT2D eigenvalue weighted by atomic mass is 32.2. The molecular formula is C17H16N2O2S. The van der Waals surface area contributed by atoms with Gasteiger partial charge in [-0.25, -0.2) is 13.1 Å². The van der Waals surface area contributed by atoms with Gasteiger partial charge in [0.05, 0.1) is 10.4 Å². The lowest BCUT2D eigenvalue weighted by Gasteiger charge is -2.09. The fourth-order valence-corrected chi connectivity index (χ4v) is 3.29. The SMILES string of the molecule is Cc1ccc(S(=O)(=O)NCc2cccc3cccnc23)cc1. The highest BCUT2D eigenvalue weighted by Gasteiger charge is 2.14. The molecule has 3 rings (SSSR count). The minimum Gasteiger partial charge on any atom is -0.256 e. The second kappa shape index (κ2) is 5.87. The van der Waals surface area contributed by atoms with Gasteiger partial charge in [0.15, 0.2) is 0 Å². The Bertz CT molecular complexity index is 898. The Balaban J connectivity index is 1.86. The number of rotatable bonds is 4. The fourth-order valence-electron chi connectivity index (χ4n) is 2.28. The van der Waals surface area contributed by atoms with Crippen LogP contribution in [-0.2, 0) is 16.6 Å². The molecule has 4 nitrogen and oxygen atoms in total. The zero-order chi connectivity index (χ0) is 15.6. The van der Waals surface area contributed by atoms with Crippen LogP contribution in [0.1, 0.15) is 11.1 Å². The minimum atomic E-state index is -3.52. The fraction of sp³-hybridized carbons (Fsp3) is 0.118. The second-order valence-corrected chi connectivity index (χ2v) is 6.90. The summed E-state index contributed by atoms with van der Waals surface area (Å²) in [6.45, 7) is 2.14. The number of para-hydroxylation sites is 1. The molecule has 0 bridgehead atoms. The maximum Gasteiger partial charge on any atom is 0.240 e. The normalized spacial score (nSPS) is 11.7. The standard InChI is InChI=1S/C17H16N2O2S/c1-13-7-9-16(10-8-13)22(20,21)19-12-15-5-2-4-14-6-3-11-18-17(14)15/h2-11,19H,12H2,1H3. The lowest BCUT2D eigenvalue weighted by Crippen LogP contribution is -2.23. The average molecular weight is 312 g/mol. The van der Waals surface area contributed by atoms with Gasteiger partial charge in [-0.1, -0.05) is 42.0 Å². The predicted octanol–water partition coefficient (Wildman–Crippen LogP) is 3.02. The largest absolute Gasteiger partial charge is 0.256 e. The Hall–Kier alpha value is -2.24. The lowest BCUT2D eigenvalue weighted by molar-refractivity contribution is 0.581. The van der Waals surface area contributed by atoms with E-state index in [4.69, 9.17) is 0 Å². The van der Waals surface area contributed by atoms with Gasteiger partial charge in [-0.3, -0.25) is 4.98 Å². The maximum atomic E-state index is 12.3. The van der Waals surface area contributed by atoms with Crippen LogP contribution in [0.4, 0.5) is 0 Å². The van der Waals surface area contributed by atoms with Crippen molar-refractivity contribution in [2.45, 2.75) is 18.4 Å². The molecule has 2 aromatic carbocycles. The molecule has 0 aliphatic heterocycles. The van der Waals surface area contributed by atoms with Gasteiger partial charge in [-0.2, -0.15) is 0 Å². The summed E-state index contributed by atoms with van der Waals surface area (Å²) in [5.41, 5.74) is 2.70. The summed E-state index contributed by atoms with van der Waals surface area (Å²) in [6, 6.07) is 16.4. The van der Waals surface area contributed by atoms with Gasteiger partial charge in [0, 0.05) is 18.1 Å². The number of nitrogens with zero attached hydrogens (tertiary/aromatic N) is 1. The molecule has 1 aromatic heterocycles. The Kier molecular flexibility index (Phi) is 3.92. The van der Waals surface area contributed by atoms with E-state index in [0.29, 0.717) is 0 Å². The number of sulfonamides is 1. The third-order valence-electron chi connectivity index (χ3n) is 3.50. The van der Waals surface area contributed by atoms with Crippen LogP contribution in [0.25, 0.3) is 10.9 Å². The van der Waals surface area contributed by atoms with E-state index in [1.54, 1.807) is 30.5 Å². The minimum absolute atomic E-state index is 0.213. The Morgan fingerprint density at radius 1 is 1.00 bits per heavy atom. The van der Waals surface area contributed by atoms with Crippen LogP contribution in [-0.4, -0.2) is 13.4 Å². The number of hydrogen-bond acceptors (Lipinski definition) is 3. The first-order chi connectivity index (χ1) is 10.6. The van der Waals surface area contributed by atoms with E-state index in [9.17, 15) is 8.42 Å². The predicted molar refractivity (Wildman–Crippen MR) is 86.9 cm³/mol. The molecule has 0 atom stereocenters. The first-order valence-corrected chi connectivity index (χ1v) is 8.43. The summed E-state index contributed by atoms with van der Waals surface area (Å²) < 4.78 is 27.3. The number of fused-ring (bicyclic) bond motifs is 1. The van der Waals surface area contributed by atoms with Crippen LogP contribution >= 0.6 is 0 Å². The number of pyridine rings is 1. The molecule has 0 aliphatic rings. The summed E-state index contributed by atoms with van der Waals surface area (Å²) >= 11 is 0. The Morgan fingerprint density at radius 3 is 2.50 bits per heavy atom. The quantitative estimate of drug-likeness (QED) is 0.805. The van der Waals surface area contributed by atoms with Crippen LogP contribution < -0.4 is 4.72 Å². The summed E-state index contributed by atoms with van der Waals surface area (Å²) in [6.07, 6.45) is 1.71. The molecule has 0 unspecified atom stereocenters. The van der Waals surface area contributed by atoms with Gasteiger partial charge in [0.2, 0.25) is 10.0 Å².